The van der Waals surface area contributed by atoms with Crippen molar-refractivity contribution in [3.05, 3.63) is 23.5 Å². The van der Waals surface area contributed by atoms with E-state index in [2.05, 4.69) is 36.0 Å². The molecular formula is C18H28N4OS. The summed E-state index contributed by atoms with van der Waals surface area (Å²) in [4.78, 5) is 20.3. The third kappa shape index (κ3) is 4.16. The highest BCUT2D eigenvalue weighted by Gasteiger charge is 2.26. The summed E-state index contributed by atoms with van der Waals surface area (Å²) in [6.45, 7) is 9.86. The number of fused-ring (bicyclic) bond motifs is 1. The fourth-order valence-corrected chi connectivity index (χ4v) is 4.17. The molecule has 24 heavy (non-hydrogen) atoms. The molecule has 0 aromatic carbocycles. The maximum absolute atomic E-state index is 12.3. The molecule has 1 unspecified atom stereocenters. The van der Waals surface area contributed by atoms with Gasteiger partial charge in [-0.05, 0) is 37.8 Å². The summed E-state index contributed by atoms with van der Waals surface area (Å²) >= 11 is 1.59. The molecule has 0 radical (unpaired) electrons. The molecule has 6 heteroatoms. The Morgan fingerprint density at radius 1 is 1.42 bits per heavy atom. The Labute approximate surface area is 148 Å². The maximum atomic E-state index is 12.3. The average Bonchev–Trinajstić information content (AvgIpc) is 3.10. The largest absolute Gasteiger partial charge is 0.354 e. The molecular weight excluding hydrogens is 320 g/mol. The van der Waals surface area contributed by atoms with Gasteiger partial charge in [0.25, 0.3) is 0 Å². The fourth-order valence-electron chi connectivity index (χ4n) is 3.45. The van der Waals surface area contributed by atoms with Crippen molar-refractivity contribution in [3.63, 3.8) is 0 Å². The lowest BCUT2D eigenvalue weighted by atomic mass is 9.94. The van der Waals surface area contributed by atoms with Crippen LogP contribution in [0.5, 0.6) is 0 Å². The van der Waals surface area contributed by atoms with Gasteiger partial charge in [-0.1, -0.05) is 20.8 Å². The van der Waals surface area contributed by atoms with Gasteiger partial charge in [-0.25, -0.2) is 4.98 Å². The molecule has 1 atom stereocenters. The SMILES string of the molecule is CC1CCN(C(CNC(=O)Cc2cn3ccsc3n2)C(C)C)CC1. The van der Waals surface area contributed by atoms with Crippen molar-refractivity contribution in [2.75, 3.05) is 19.6 Å². The van der Waals surface area contributed by atoms with Gasteiger partial charge >= 0.3 is 0 Å². The first-order chi connectivity index (χ1) is 11.5. The second-order valence-electron chi connectivity index (χ2n) is 7.34. The molecule has 5 nitrogen and oxygen atoms in total. The molecule has 1 aliphatic rings. The fraction of sp³-hybridized carbons (Fsp3) is 0.667. The van der Waals surface area contributed by atoms with Gasteiger partial charge in [0.05, 0.1) is 12.1 Å². The van der Waals surface area contributed by atoms with E-state index in [1.54, 1.807) is 11.3 Å². The van der Waals surface area contributed by atoms with Crippen LogP contribution in [0.4, 0.5) is 0 Å². The normalized spacial score (nSPS) is 18.3. The third-order valence-electron chi connectivity index (χ3n) is 5.05. The Morgan fingerprint density at radius 3 is 2.83 bits per heavy atom. The van der Waals surface area contributed by atoms with E-state index in [0.29, 0.717) is 18.4 Å². The molecule has 0 aliphatic carbocycles. The van der Waals surface area contributed by atoms with Crippen LogP contribution in [0.15, 0.2) is 17.8 Å². The zero-order valence-electron chi connectivity index (χ0n) is 14.9. The Balaban J connectivity index is 1.52. The van der Waals surface area contributed by atoms with E-state index in [1.807, 2.05) is 22.2 Å². The van der Waals surface area contributed by atoms with Crippen molar-refractivity contribution >= 4 is 22.2 Å². The third-order valence-corrected chi connectivity index (χ3v) is 5.82. The van der Waals surface area contributed by atoms with Crippen LogP contribution in [0.25, 0.3) is 4.96 Å². The van der Waals surface area contributed by atoms with Gasteiger partial charge in [0, 0.05) is 30.4 Å². The van der Waals surface area contributed by atoms with Crippen LogP contribution >= 0.6 is 11.3 Å². The number of carbonyl (C=O) groups excluding carboxylic acids is 1. The van der Waals surface area contributed by atoms with Crippen molar-refractivity contribution in [2.45, 2.75) is 46.1 Å². The van der Waals surface area contributed by atoms with Gasteiger partial charge in [0.2, 0.25) is 5.91 Å². The van der Waals surface area contributed by atoms with Crippen LogP contribution in [0.2, 0.25) is 0 Å². The first-order valence-corrected chi connectivity index (χ1v) is 9.82. The lowest BCUT2D eigenvalue weighted by molar-refractivity contribution is -0.120. The number of nitrogens with one attached hydrogen (secondary N) is 1. The number of thiazole rings is 1. The number of imidazole rings is 1. The summed E-state index contributed by atoms with van der Waals surface area (Å²) < 4.78 is 1.97. The molecule has 132 valence electrons. The van der Waals surface area contributed by atoms with Crippen LogP contribution in [-0.2, 0) is 11.2 Å². The summed E-state index contributed by atoms with van der Waals surface area (Å²) in [5.41, 5.74) is 0.840. The van der Waals surface area contributed by atoms with Gasteiger partial charge in [-0.2, -0.15) is 0 Å². The summed E-state index contributed by atoms with van der Waals surface area (Å²) in [6, 6.07) is 0.423. The standard InChI is InChI=1S/C18H28N4OS/c1-13(2)16(21-6-4-14(3)5-7-21)11-19-17(23)10-15-12-22-8-9-24-18(22)20-15/h8-9,12-14,16H,4-7,10-11H2,1-3H3,(H,19,23). The predicted molar refractivity (Wildman–Crippen MR) is 98.4 cm³/mol. The summed E-state index contributed by atoms with van der Waals surface area (Å²) in [7, 11) is 0. The lowest BCUT2D eigenvalue weighted by Crippen LogP contribution is -2.49. The van der Waals surface area contributed by atoms with Crippen molar-refractivity contribution in [2.24, 2.45) is 11.8 Å². The lowest BCUT2D eigenvalue weighted by Gasteiger charge is -2.38. The number of likely N-dealkylation sites (tertiary alicyclic amines) is 1. The van der Waals surface area contributed by atoms with Crippen molar-refractivity contribution < 1.29 is 4.79 Å². The molecule has 1 saturated heterocycles. The number of rotatable bonds is 6. The quantitative estimate of drug-likeness (QED) is 0.873. The molecule has 2 aromatic heterocycles. The predicted octanol–water partition coefficient (Wildman–Crippen LogP) is 2.81. The topological polar surface area (TPSA) is 49.6 Å². The van der Waals surface area contributed by atoms with Gasteiger partial charge in [0.1, 0.15) is 0 Å². The van der Waals surface area contributed by atoms with Gasteiger partial charge < -0.3 is 5.32 Å². The van der Waals surface area contributed by atoms with Crippen molar-refractivity contribution in [1.82, 2.24) is 19.6 Å². The minimum atomic E-state index is 0.0665. The van der Waals surface area contributed by atoms with Crippen LogP contribution in [0, 0.1) is 11.8 Å². The van der Waals surface area contributed by atoms with E-state index < -0.39 is 0 Å². The van der Waals surface area contributed by atoms with Crippen LogP contribution in [0.3, 0.4) is 0 Å². The number of amides is 1. The molecule has 1 N–H and O–H groups in total. The summed E-state index contributed by atoms with van der Waals surface area (Å²) in [5.74, 6) is 1.44. The zero-order chi connectivity index (χ0) is 17.1. The minimum Gasteiger partial charge on any atom is -0.354 e. The van der Waals surface area contributed by atoms with Gasteiger partial charge in [0.15, 0.2) is 4.96 Å². The van der Waals surface area contributed by atoms with Crippen LogP contribution < -0.4 is 5.32 Å². The molecule has 0 bridgehead atoms. The maximum Gasteiger partial charge on any atom is 0.226 e. The zero-order valence-corrected chi connectivity index (χ0v) is 15.7. The molecule has 3 rings (SSSR count). The summed E-state index contributed by atoms with van der Waals surface area (Å²) in [5, 5.41) is 5.13. The van der Waals surface area contributed by atoms with Crippen molar-refractivity contribution in [1.29, 1.82) is 0 Å². The molecule has 3 heterocycles. The highest BCUT2D eigenvalue weighted by Crippen LogP contribution is 2.21. The molecule has 0 saturated carbocycles. The first kappa shape index (κ1) is 17.4. The van der Waals surface area contributed by atoms with E-state index in [9.17, 15) is 4.79 Å². The van der Waals surface area contributed by atoms with E-state index in [1.165, 1.54) is 12.8 Å². The van der Waals surface area contributed by atoms with E-state index in [-0.39, 0.29) is 5.91 Å². The monoisotopic (exact) mass is 348 g/mol. The highest BCUT2D eigenvalue weighted by atomic mass is 32.1. The molecule has 2 aromatic rings. The Hall–Kier alpha value is -1.40. The van der Waals surface area contributed by atoms with E-state index in [0.717, 1.165) is 36.2 Å². The highest BCUT2D eigenvalue weighted by molar-refractivity contribution is 7.15. The Kier molecular flexibility index (Phi) is 5.56. The number of carbonyl (C=O) groups is 1. The summed E-state index contributed by atoms with van der Waals surface area (Å²) in [6.07, 6.45) is 6.80. The molecule has 0 spiro atoms. The molecule has 1 amide bonds. The second kappa shape index (κ2) is 7.66. The number of nitrogens with zero attached hydrogens (tertiary/aromatic N) is 3. The number of hydrogen-bond donors (Lipinski definition) is 1. The second-order valence-corrected chi connectivity index (χ2v) is 8.21. The Bertz CT molecular complexity index is 641. The number of hydrogen-bond acceptors (Lipinski definition) is 4. The average molecular weight is 349 g/mol. The molecule has 1 aliphatic heterocycles. The number of piperidine rings is 1. The smallest absolute Gasteiger partial charge is 0.226 e. The van der Waals surface area contributed by atoms with Crippen molar-refractivity contribution in [3.8, 4) is 0 Å². The number of aromatic nitrogens is 2. The van der Waals surface area contributed by atoms with Crippen LogP contribution in [0.1, 0.15) is 39.3 Å². The van der Waals surface area contributed by atoms with E-state index >= 15 is 0 Å². The minimum absolute atomic E-state index is 0.0665. The molecule has 1 fully saturated rings. The van der Waals surface area contributed by atoms with E-state index in [4.69, 9.17) is 0 Å². The van der Waals surface area contributed by atoms with Crippen LogP contribution in [-0.4, -0.2) is 45.9 Å². The van der Waals surface area contributed by atoms with Gasteiger partial charge in [-0.3, -0.25) is 14.1 Å². The first-order valence-electron chi connectivity index (χ1n) is 8.94. The van der Waals surface area contributed by atoms with Gasteiger partial charge in [-0.15, -0.1) is 11.3 Å². The Morgan fingerprint density at radius 2 is 2.17 bits per heavy atom.